The summed E-state index contributed by atoms with van der Waals surface area (Å²) in [6, 6.07) is 12.4. The number of nitrogens with one attached hydrogen (secondary N) is 1. The Balaban J connectivity index is 2.04. The fraction of sp³-hybridized carbons (Fsp3) is 0.133. The maximum Gasteiger partial charge on any atom is 0.137 e. The first-order valence-electron chi connectivity index (χ1n) is 6.11. The highest BCUT2D eigenvalue weighted by atomic mass is 32.2. The lowest BCUT2D eigenvalue weighted by Crippen LogP contribution is -1.86. The van der Waals surface area contributed by atoms with E-state index in [1.54, 1.807) is 11.8 Å². The molecule has 0 aliphatic rings. The molecule has 0 aliphatic carbocycles. The molecule has 2 heterocycles. The molecular formula is C15H15N3S. The largest absolute Gasteiger partial charge is 0.388 e. The van der Waals surface area contributed by atoms with Crippen LogP contribution in [-0.4, -0.2) is 22.7 Å². The van der Waals surface area contributed by atoms with Crippen molar-refractivity contribution >= 4 is 23.1 Å². The van der Waals surface area contributed by atoms with Crippen molar-refractivity contribution in [2.75, 3.05) is 18.6 Å². The van der Waals surface area contributed by atoms with Gasteiger partial charge in [-0.05, 0) is 30.5 Å². The van der Waals surface area contributed by atoms with Crippen LogP contribution in [0.3, 0.4) is 0 Å². The topological polar surface area (TPSA) is 29.3 Å². The van der Waals surface area contributed by atoms with Crippen molar-refractivity contribution in [1.29, 1.82) is 0 Å². The van der Waals surface area contributed by atoms with Gasteiger partial charge in [0.25, 0.3) is 0 Å². The van der Waals surface area contributed by atoms with Crippen molar-refractivity contribution in [1.82, 2.24) is 9.38 Å². The summed E-state index contributed by atoms with van der Waals surface area (Å²) in [4.78, 5) is 5.89. The number of hydrogen-bond acceptors (Lipinski definition) is 3. The monoisotopic (exact) mass is 269 g/mol. The molecule has 96 valence electrons. The molecule has 0 saturated heterocycles. The molecule has 0 spiro atoms. The zero-order chi connectivity index (χ0) is 13.2. The van der Waals surface area contributed by atoms with E-state index in [-0.39, 0.29) is 0 Å². The second-order valence-corrected chi connectivity index (χ2v) is 5.17. The summed E-state index contributed by atoms with van der Waals surface area (Å²) >= 11 is 1.74. The fourth-order valence-electron chi connectivity index (χ4n) is 2.04. The van der Waals surface area contributed by atoms with Crippen LogP contribution in [-0.2, 0) is 0 Å². The zero-order valence-corrected chi connectivity index (χ0v) is 11.7. The molecule has 0 amide bonds. The number of aromatic nitrogens is 2. The molecule has 0 fully saturated rings. The van der Waals surface area contributed by atoms with E-state index in [0.717, 1.165) is 22.6 Å². The minimum Gasteiger partial charge on any atom is -0.388 e. The minimum absolute atomic E-state index is 0.977. The molecule has 0 saturated carbocycles. The maximum absolute atomic E-state index is 4.65. The van der Waals surface area contributed by atoms with Crippen LogP contribution in [0.5, 0.6) is 0 Å². The summed E-state index contributed by atoms with van der Waals surface area (Å²) in [7, 11) is 1.92. The molecule has 4 heteroatoms. The van der Waals surface area contributed by atoms with Crippen LogP contribution in [0.1, 0.15) is 0 Å². The van der Waals surface area contributed by atoms with Gasteiger partial charge in [-0.3, -0.25) is 0 Å². The number of fused-ring (bicyclic) bond motifs is 1. The third-order valence-corrected chi connectivity index (χ3v) is 3.84. The average Bonchev–Trinajstić information content (AvgIpc) is 2.90. The highest BCUT2D eigenvalue weighted by Gasteiger charge is 2.04. The Hall–Kier alpha value is -1.94. The van der Waals surface area contributed by atoms with E-state index >= 15 is 0 Å². The lowest BCUT2D eigenvalue weighted by atomic mass is 10.1. The number of benzene rings is 1. The second-order valence-electron chi connectivity index (χ2n) is 4.29. The molecular weight excluding hydrogens is 254 g/mol. The van der Waals surface area contributed by atoms with Crippen LogP contribution < -0.4 is 5.32 Å². The molecule has 0 bridgehead atoms. The van der Waals surface area contributed by atoms with Gasteiger partial charge in [0, 0.05) is 35.6 Å². The van der Waals surface area contributed by atoms with E-state index in [1.807, 2.05) is 7.05 Å². The summed E-state index contributed by atoms with van der Waals surface area (Å²) in [5, 5.41) is 3.12. The van der Waals surface area contributed by atoms with Gasteiger partial charge < -0.3 is 9.72 Å². The molecule has 0 unspecified atom stereocenters. The summed E-state index contributed by atoms with van der Waals surface area (Å²) in [5.41, 5.74) is 4.22. The normalized spacial score (nSPS) is 10.8. The molecule has 2 aromatic heterocycles. The van der Waals surface area contributed by atoms with Crippen molar-refractivity contribution in [3.8, 4) is 11.3 Å². The molecule has 0 atom stereocenters. The molecule has 1 N–H and O–H groups in total. The van der Waals surface area contributed by atoms with Crippen LogP contribution in [0.15, 0.2) is 53.7 Å². The molecule has 0 radical (unpaired) electrons. The van der Waals surface area contributed by atoms with Crippen molar-refractivity contribution in [3.05, 3.63) is 48.8 Å². The lowest BCUT2D eigenvalue weighted by molar-refractivity contribution is 1.13. The molecule has 19 heavy (non-hydrogen) atoms. The zero-order valence-electron chi connectivity index (χ0n) is 10.9. The van der Waals surface area contributed by atoms with E-state index in [9.17, 15) is 0 Å². The SMILES string of the molecule is CNc1ccc(-c2cn3cc(SC)ccc3n2)cc1. The summed E-state index contributed by atoms with van der Waals surface area (Å²) < 4.78 is 2.08. The quantitative estimate of drug-likeness (QED) is 0.734. The molecule has 3 aromatic rings. The van der Waals surface area contributed by atoms with Gasteiger partial charge in [-0.15, -0.1) is 11.8 Å². The van der Waals surface area contributed by atoms with Gasteiger partial charge in [0.05, 0.1) is 5.69 Å². The van der Waals surface area contributed by atoms with E-state index in [2.05, 4.69) is 69.7 Å². The minimum atomic E-state index is 0.977. The Labute approximate surface area is 116 Å². The van der Waals surface area contributed by atoms with Gasteiger partial charge >= 0.3 is 0 Å². The van der Waals surface area contributed by atoms with Crippen LogP contribution in [0.2, 0.25) is 0 Å². The summed E-state index contributed by atoms with van der Waals surface area (Å²) in [5.74, 6) is 0. The number of thioether (sulfide) groups is 1. The van der Waals surface area contributed by atoms with Crippen molar-refractivity contribution < 1.29 is 0 Å². The fourth-order valence-corrected chi connectivity index (χ4v) is 2.46. The first-order valence-corrected chi connectivity index (χ1v) is 7.33. The first kappa shape index (κ1) is 12.1. The van der Waals surface area contributed by atoms with Crippen molar-refractivity contribution in [3.63, 3.8) is 0 Å². The smallest absolute Gasteiger partial charge is 0.137 e. The molecule has 1 aromatic carbocycles. The number of imidazole rings is 1. The number of hydrogen-bond donors (Lipinski definition) is 1. The van der Waals surface area contributed by atoms with Gasteiger partial charge in [0.2, 0.25) is 0 Å². The first-order chi connectivity index (χ1) is 9.30. The number of anilines is 1. The van der Waals surface area contributed by atoms with E-state index in [1.165, 1.54) is 4.90 Å². The summed E-state index contributed by atoms with van der Waals surface area (Å²) in [6.45, 7) is 0. The molecule has 0 aliphatic heterocycles. The van der Waals surface area contributed by atoms with E-state index < -0.39 is 0 Å². The van der Waals surface area contributed by atoms with Crippen molar-refractivity contribution in [2.45, 2.75) is 4.90 Å². The third kappa shape index (κ3) is 2.31. The second kappa shape index (κ2) is 4.97. The highest BCUT2D eigenvalue weighted by Crippen LogP contribution is 2.22. The van der Waals surface area contributed by atoms with E-state index in [0.29, 0.717) is 0 Å². The van der Waals surface area contributed by atoms with Gasteiger partial charge in [0.15, 0.2) is 0 Å². The maximum atomic E-state index is 4.65. The van der Waals surface area contributed by atoms with Gasteiger partial charge in [0.1, 0.15) is 5.65 Å². The number of rotatable bonds is 3. The Morgan fingerprint density at radius 1 is 1.05 bits per heavy atom. The van der Waals surface area contributed by atoms with Gasteiger partial charge in [-0.1, -0.05) is 12.1 Å². The predicted octanol–water partition coefficient (Wildman–Crippen LogP) is 3.76. The Kier molecular flexibility index (Phi) is 3.17. The Morgan fingerprint density at radius 2 is 1.84 bits per heavy atom. The average molecular weight is 269 g/mol. The van der Waals surface area contributed by atoms with Crippen LogP contribution in [0, 0.1) is 0 Å². The van der Waals surface area contributed by atoms with Crippen LogP contribution >= 0.6 is 11.8 Å². The number of pyridine rings is 1. The van der Waals surface area contributed by atoms with Crippen LogP contribution in [0.25, 0.3) is 16.9 Å². The van der Waals surface area contributed by atoms with Gasteiger partial charge in [-0.25, -0.2) is 4.98 Å². The highest BCUT2D eigenvalue weighted by molar-refractivity contribution is 7.98. The Bertz CT molecular complexity index is 701. The molecule has 3 rings (SSSR count). The lowest BCUT2D eigenvalue weighted by Gasteiger charge is -2.00. The predicted molar refractivity (Wildman–Crippen MR) is 82.0 cm³/mol. The summed E-state index contributed by atoms with van der Waals surface area (Å²) in [6.07, 6.45) is 6.26. The molecule has 3 nitrogen and oxygen atoms in total. The van der Waals surface area contributed by atoms with E-state index in [4.69, 9.17) is 0 Å². The number of nitrogens with zero attached hydrogens (tertiary/aromatic N) is 2. The van der Waals surface area contributed by atoms with Crippen molar-refractivity contribution in [2.24, 2.45) is 0 Å². The third-order valence-electron chi connectivity index (χ3n) is 3.13. The van der Waals surface area contributed by atoms with Gasteiger partial charge in [-0.2, -0.15) is 0 Å². The standard InChI is InChI=1S/C15H15N3S/c1-16-12-5-3-11(4-6-12)14-10-18-9-13(19-2)7-8-15(18)17-14/h3-10,16H,1-2H3. The Morgan fingerprint density at radius 3 is 2.53 bits per heavy atom. The van der Waals surface area contributed by atoms with Crippen LogP contribution in [0.4, 0.5) is 5.69 Å².